The molecule has 6 nitrogen and oxygen atoms in total. The monoisotopic (exact) mass is 343 g/mol. The minimum absolute atomic E-state index is 0.0140. The molecule has 2 atom stereocenters. The van der Waals surface area contributed by atoms with Crippen molar-refractivity contribution >= 4 is 27.6 Å². The second kappa shape index (κ2) is 5.97. The first-order valence-electron chi connectivity index (χ1n) is 6.45. The fraction of sp³-hybridized carbons (Fsp3) is 0.538. The largest absolute Gasteiger partial charge is 0.375 e. The molecule has 2 heterocycles. The van der Waals surface area contributed by atoms with Crippen LogP contribution in [0, 0.1) is 0 Å². The average molecular weight is 344 g/mol. The summed E-state index contributed by atoms with van der Waals surface area (Å²) in [6, 6.07) is 1.30. The van der Waals surface area contributed by atoms with E-state index in [1.165, 1.54) is 4.57 Å². The van der Waals surface area contributed by atoms with Gasteiger partial charge in [-0.25, -0.2) is 4.79 Å². The van der Waals surface area contributed by atoms with E-state index in [1.807, 2.05) is 13.8 Å². The SMILES string of the molecule is CC1OCCN(C(=O)Nc2cc(Br)cn(C)c2=O)C1C. The third-order valence-corrected chi connectivity index (χ3v) is 3.97. The molecule has 20 heavy (non-hydrogen) atoms. The van der Waals surface area contributed by atoms with E-state index in [0.29, 0.717) is 13.2 Å². The summed E-state index contributed by atoms with van der Waals surface area (Å²) in [6.45, 7) is 4.89. The Morgan fingerprint density at radius 2 is 2.20 bits per heavy atom. The standard InChI is InChI=1S/C13H18BrN3O3/c1-8-9(2)20-5-4-17(8)13(19)15-11-6-10(14)7-16(3)12(11)18/h6-9H,4-5H2,1-3H3,(H,15,19). The lowest BCUT2D eigenvalue weighted by Crippen LogP contribution is -2.52. The molecule has 0 aromatic carbocycles. The van der Waals surface area contributed by atoms with Crippen molar-refractivity contribution in [2.24, 2.45) is 7.05 Å². The lowest BCUT2D eigenvalue weighted by atomic mass is 10.1. The summed E-state index contributed by atoms with van der Waals surface area (Å²) < 4.78 is 7.64. The number of nitrogens with zero attached hydrogens (tertiary/aromatic N) is 2. The first-order valence-corrected chi connectivity index (χ1v) is 7.25. The van der Waals surface area contributed by atoms with Crippen LogP contribution in [0.25, 0.3) is 0 Å². The van der Waals surface area contributed by atoms with E-state index in [4.69, 9.17) is 4.74 Å². The van der Waals surface area contributed by atoms with Gasteiger partial charge >= 0.3 is 6.03 Å². The van der Waals surface area contributed by atoms with Crippen LogP contribution in [0.5, 0.6) is 0 Å². The summed E-state index contributed by atoms with van der Waals surface area (Å²) in [5.41, 5.74) is 0.0220. The molecular weight excluding hydrogens is 326 g/mol. The Morgan fingerprint density at radius 3 is 2.90 bits per heavy atom. The van der Waals surface area contributed by atoms with Gasteiger partial charge in [-0.15, -0.1) is 0 Å². The topological polar surface area (TPSA) is 63.6 Å². The van der Waals surface area contributed by atoms with Gasteiger partial charge in [0.05, 0.1) is 18.8 Å². The van der Waals surface area contributed by atoms with Crippen LogP contribution in [-0.4, -0.2) is 40.8 Å². The fourth-order valence-electron chi connectivity index (χ4n) is 2.17. The summed E-state index contributed by atoms with van der Waals surface area (Å²) in [4.78, 5) is 26.0. The minimum Gasteiger partial charge on any atom is -0.375 e. The van der Waals surface area contributed by atoms with Crippen molar-refractivity contribution in [3.8, 4) is 0 Å². The Balaban J connectivity index is 2.18. The number of anilines is 1. The van der Waals surface area contributed by atoms with Crippen molar-refractivity contribution in [1.29, 1.82) is 0 Å². The van der Waals surface area contributed by atoms with E-state index in [9.17, 15) is 9.59 Å². The number of rotatable bonds is 1. The quantitative estimate of drug-likeness (QED) is 0.845. The van der Waals surface area contributed by atoms with E-state index in [0.717, 1.165) is 4.47 Å². The highest BCUT2D eigenvalue weighted by molar-refractivity contribution is 9.10. The number of hydrogen-bond acceptors (Lipinski definition) is 3. The van der Waals surface area contributed by atoms with Crippen LogP contribution < -0.4 is 10.9 Å². The summed E-state index contributed by atoms with van der Waals surface area (Å²) in [5.74, 6) is 0. The number of morpholine rings is 1. The van der Waals surface area contributed by atoms with Crippen LogP contribution in [0.1, 0.15) is 13.8 Å². The molecule has 0 saturated carbocycles. The number of ether oxygens (including phenoxy) is 1. The molecule has 1 fully saturated rings. The predicted molar refractivity (Wildman–Crippen MR) is 80.0 cm³/mol. The first kappa shape index (κ1) is 15.1. The number of halogens is 1. The summed E-state index contributed by atoms with van der Waals surface area (Å²) in [5, 5.41) is 2.68. The molecule has 1 aliphatic rings. The van der Waals surface area contributed by atoms with Gasteiger partial charge < -0.3 is 19.5 Å². The maximum Gasteiger partial charge on any atom is 0.322 e. The maximum atomic E-state index is 12.3. The Labute approximate surface area is 125 Å². The maximum absolute atomic E-state index is 12.3. The molecule has 1 aliphatic heterocycles. The average Bonchev–Trinajstić information content (AvgIpc) is 2.38. The zero-order valence-corrected chi connectivity index (χ0v) is 13.3. The predicted octanol–water partition coefficient (Wildman–Crippen LogP) is 1.79. The van der Waals surface area contributed by atoms with Gasteiger partial charge in [0, 0.05) is 24.3 Å². The van der Waals surface area contributed by atoms with E-state index >= 15 is 0 Å². The van der Waals surface area contributed by atoms with Crippen LogP contribution in [0.2, 0.25) is 0 Å². The molecular formula is C13H18BrN3O3. The summed E-state index contributed by atoms with van der Waals surface area (Å²) in [7, 11) is 1.64. The summed E-state index contributed by atoms with van der Waals surface area (Å²) in [6.07, 6.45) is 1.64. The van der Waals surface area contributed by atoms with Gasteiger partial charge in [0.1, 0.15) is 5.69 Å². The molecule has 1 N–H and O–H groups in total. The lowest BCUT2D eigenvalue weighted by Gasteiger charge is -2.37. The van der Waals surface area contributed by atoms with E-state index in [1.54, 1.807) is 24.2 Å². The van der Waals surface area contributed by atoms with Crippen molar-refractivity contribution < 1.29 is 9.53 Å². The van der Waals surface area contributed by atoms with E-state index < -0.39 is 0 Å². The van der Waals surface area contributed by atoms with Gasteiger partial charge in [-0.1, -0.05) is 0 Å². The number of aryl methyl sites for hydroxylation is 1. The van der Waals surface area contributed by atoms with Gasteiger partial charge in [0.15, 0.2) is 0 Å². The number of urea groups is 1. The van der Waals surface area contributed by atoms with Crippen molar-refractivity contribution in [3.05, 3.63) is 27.1 Å². The highest BCUT2D eigenvalue weighted by atomic mass is 79.9. The second-order valence-electron chi connectivity index (χ2n) is 4.93. The molecule has 110 valence electrons. The Morgan fingerprint density at radius 1 is 1.50 bits per heavy atom. The second-order valence-corrected chi connectivity index (χ2v) is 5.84. The Bertz CT molecular complexity index is 572. The molecule has 0 spiro atoms. The molecule has 2 amide bonds. The molecule has 2 rings (SSSR count). The highest BCUT2D eigenvalue weighted by Crippen LogP contribution is 2.16. The molecule has 0 radical (unpaired) electrons. The van der Waals surface area contributed by atoms with Crippen molar-refractivity contribution in [3.63, 3.8) is 0 Å². The van der Waals surface area contributed by atoms with Crippen molar-refractivity contribution in [1.82, 2.24) is 9.47 Å². The van der Waals surface area contributed by atoms with E-state index in [-0.39, 0.29) is 29.4 Å². The number of amides is 2. The molecule has 1 saturated heterocycles. The van der Waals surface area contributed by atoms with Crippen LogP contribution in [0.15, 0.2) is 21.5 Å². The van der Waals surface area contributed by atoms with Gasteiger partial charge in [0.25, 0.3) is 5.56 Å². The normalized spacial score (nSPS) is 22.7. The molecule has 1 aromatic heterocycles. The number of carbonyl (C=O) groups is 1. The lowest BCUT2D eigenvalue weighted by molar-refractivity contribution is -0.0355. The molecule has 1 aromatic rings. The van der Waals surface area contributed by atoms with Gasteiger partial charge in [-0.2, -0.15) is 0 Å². The number of carbonyl (C=O) groups excluding carboxylic acids is 1. The van der Waals surface area contributed by atoms with E-state index in [2.05, 4.69) is 21.2 Å². The molecule has 7 heteroatoms. The third kappa shape index (κ3) is 3.04. The van der Waals surface area contributed by atoms with Crippen LogP contribution >= 0.6 is 15.9 Å². The number of aromatic nitrogens is 1. The fourth-order valence-corrected chi connectivity index (χ4v) is 2.70. The smallest absolute Gasteiger partial charge is 0.322 e. The van der Waals surface area contributed by atoms with Crippen LogP contribution in [0.4, 0.5) is 10.5 Å². The number of pyridine rings is 1. The first-order chi connectivity index (χ1) is 9.40. The van der Waals surface area contributed by atoms with Crippen molar-refractivity contribution in [2.45, 2.75) is 26.0 Å². The Hall–Kier alpha value is -1.34. The molecule has 0 bridgehead atoms. The Kier molecular flexibility index (Phi) is 4.49. The number of nitrogens with one attached hydrogen (secondary N) is 1. The van der Waals surface area contributed by atoms with Crippen LogP contribution in [0.3, 0.4) is 0 Å². The van der Waals surface area contributed by atoms with Gasteiger partial charge in [-0.3, -0.25) is 4.79 Å². The number of hydrogen-bond donors (Lipinski definition) is 1. The minimum atomic E-state index is -0.275. The van der Waals surface area contributed by atoms with Gasteiger partial charge in [0.2, 0.25) is 0 Å². The zero-order chi connectivity index (χ0) is 14.9. The van der Waals surface area contributed by atoms with Crippen molar-refractivity contribution in [2.75, 3.05) is 18.5 Å². The molecule has 2 unspecified atom stereocenters. The zero-order valence-electron chi connectivity index (χ0n) is 11.7. The van der Waals surface area contributed by atoms with Gasteiger partial charge in [-0.05, 0) is 35.8 Å². The summed E-state index contributed by atoms with van der Waals surface area (Å²) >= 11 is 3.31. The molecule has 0 aliphatic carbocycles. The van der Waals surface area contributed by atoms with Crippen LogP contribution in [-0.2, 0) is 11.8 Å². The highest BCUT2D eigenvalue weighted by Gasteiger charge is 2.29. The third-order valence-electron chi connectivity index (χ3n) is 3.54.